The van der Waals surface area contributed by atoms with Gasteiger partial charge in [0, 0.05) is 24.0 Å². The zero-order valence-corrected chi connectivity index (χ0v) is 15.4. The van der Waals surface area contributed by atoms with Crippen molar-refractivity contribution in [1.82, 2.24) is 19.4 Å². The van der Waals surface area contributed by atoms with E-state index in [2.05, 4.69) is 20.3 Å². The fraction of sp³-hybridized carbons (Fsp3) is 0.158. The topological polar surface area (TPSA) is 67.2 Å². The Balaban J connectivity index is 1.69. The highest BCUT2D eigenvalue weighted by atomic mass is 35.5. The van der Waals surface area contributed by atoms with E-state index in [1.807, 2.05) is 54.9 Å². The number of aryl methyl sites for hydroxylation is 2. The molecule has 0 aliphatic heterocycles. The molecule has 0 amide bonds. The summed E-state index contributed by atoms with van der Waals surface area (Å²) in [6.07, 6.45) is 5.72. The van der Waals surface area contributed by atoms with E-state index in [1.54, 1.807) is 13.3 Å². The van der Waals surface area contributed by atoms with Crippen LogP contribution < -0.4 is 10.1 Å². The molecule has 0 atom stereocenters. The summed E-state index contributed by atoms with van der Waals surface area (Å²) in [7, 11) is 1.60. The number of nitrogens with zero attached hydrogens (tertiary/aromatic N) is 3. The number of rotatable bonds is 4. The molecule has 0 radical (unpaired) electrons. The van der Waals surface area contributed by atoms with Crippen LogP contribution in [0.2, 0.25) is 5.02 Å². The predicted molar refractivity (Wildman–Crippen MR) is 104 cm³/mol. The third-order valence-electron chi connectivity index (χ3n) is 4.17. The number of ether oxygens (including phenoxy) is 1. The van der Waals surface area contributed by atoms with Gasteiger partial charge in [-0.15, -0.1) is 0 Å². The van der Waals surface area contributed by atoms with Crippen LogP contribution in [-0.4, -0.2) is 26.5 Å². The number of methoxy groups -OCH3 is 1. The van der Waals surface area contributed by atoms with Crippen molar-refractivity contribution in [2.75, 3.05) is 12.4 Å². The molecule has 4 aromatic rings. The van der Waals surface area contributed by atoms with E-state index in [9.17, 15) is 0 Å². The molecule has 4 rings (SSSR count). The molecule has 2 N–H and O–H groups in total. The quantitative estimate of drug-likeness (QED) is 0.546. The summed E-state index contributed by atoms with van der Waals surface area (Å²) in [5, 5.41) is 3.95. The SMILES string of the molecule is COc1ccc(Nc2cc(-c3c(C)nc4c(Cl)cc(C)cn34)c[nH]2)cn1. The van der Waals surface area contributed by atoms with Crippen LogP contribution in [0.4, 0.5) is 11.5 Å². The Hall–Kier alpha value is -2.99. The largest absolute Gasteiger partial charge is 0.481 e. The van der Waals surface area contributed by atoms with Crippen LogP contribution in [0.5, 0.6) is 5.88 Å². The second-order valence-electron chi connectivity index (χ2n) is 6.12. The summed E-state index contributed by atoms with van der Waals surface area (Å²) in [4.78, 5) is 12.1. The number of fused-ring (bicyclic) bond motifs is 1. The molecule has 0 bridgehead atoms. The number of aromatic nitrogens is 4. The van der Waals surface area contributed by atoms with E-state index in [-0.39, 0.29) is 0 Å². The molecule has 0 saturated heterocycles. The molecule has 4 aromatic heterocycles. The average molecular weight is 368 g/mol. The standard InChI is InChI=1S/C19H18ClN5O/c1-11-6-15(20)19-23-12(2)18(25(19)10-11)13-7-16(21-8-13)24-14-4-5-17(26-3)22-9-14/h4-10,21,24H,1-3H3. The summed E-state index contributed by atoms with van der Waals surface area (Å²) in [6.45, 7) is 4.01. The van der Waals surface area contributed by atoms with Crippen molar-refractivity contribution < 1.29 is 4.74 Å². The Bertz CT molecular complexity index is 1080. The number of hydrogen-bond acceptors (Lipinski definition) is 4. The van der Waals surface area contributed by atoms with E-state index in [1.165, 1.54) is 0 Å². The van der Waals surface area contributed by atoms with Crippen molar-refractivity contribution in [3.63, 3.8) is 0 Å². The minimum atomic E-state index is 0.580. The summed E-state index contributed by atoms with van der Waals surface area (Å²) in [5.41, 5.74) is 5.68. The van der Waals surface area contributed by atoms with Gasteiger partial charge < -0.3 is 15.0 Å². The van der Waals surface area contributed by atoms with Crippen molar-refractivity contribution in [2.24, 2.45) is 0 Å². The Labute approximate surface area is 155 Å². The molecule has 4 heterocycles. The lowest BCUT2D eigenvalue weighted by atomic mass is 10.2. The normalized spacial score (nSPS) is 11.1. The number of H-pyrrole nitrogens is 1. The van der Waals surface area contributed by atoms with Gasteiger partial charge in [-0.3, -0.25) is 4.40 Å². The maximum atomic E-state index is 6.35. The Morgan fingerprint density at radius 3 is 2.81 bits per heavy atom. The summed E-state index contributed by atoms with van der Waals surface area (Å²) in [6, 6.07) is 7.69. The highest BCUT2D eigenvalue weighted by molar-refractivity contribution is 6.33. The fourth-order valence-corrected chi connectivity index (χ4v) is 3.33. The Morgan fingerprint density at radius 1 is 1.23 bits per heavy atom. The third kappa shape index (κ3) is 2.88. The minimum Gasteiger partial charge on any atom is -0.481 e. The van der Waals surface area contributed by atoms with Crippen LogP contribution in [0, 0.1) is 13.8 Å². The highest BCUT2D eigenvalue weighted by Crippen LogP contribution is 2.30. The van der Waals surface area contributed by atoms with Crippen molar-refractivity contribution in [3.8, 4) is 17.1 Å². The van der Waals surface area contributed by atoms with Crippen LogP contribution in [0.25, 0.3) is 16.9 Å². The maximum Gasteiger partial charge on any atom is 0.213 e. The number of aromatic amines is 1. The number of pyridine rings is 2. The number of anilines is 2. The van der Waals surface area contributed by atoms with Crippen molar-refractivity contribution >= 4 is 28.8 Å². The average Bonchev–Trinajstić information content (AvgIpc) is 3.19. The molecule has 7 heteroatoms. The van der Waals surface area contributed by atoms with Crippen LogP contribution in [0.1, 0.15) is 11.3 Å². The first-order chi connectivity index (χ1) is 12.5. The zero-order valence-electron chi connectivity index (χ0n) is 14.7. The highest BCUT2D eigenvalue weighted by Gasteiger charge is 2.15. The lowest BCUT2D eigenvalue weighted by Crippen LogP contribution is -1.92. The van der Waals surface area contributed by atoms with E-state index < -0.39 is 0 Å². The van der Waals surface area contributed by atoms with Crippen LogP contribution in [0.15, 0.2) is 42.9 Å². The Kier molecular flexibility index (Phi) is 4.05. The van der Waals surface area contributed by atoms with Gasteiger partial charge in [-0.1, -0.05) is 11.6 Å². The van der Waals surface area contributed by atoms with Gasteiger partial charge in [0.2, 0.25) is 5.88 Å². The minimum absolute atomic E-state index is 0.580. The zero-order chi connectivity index (χ0) is 18.3. The third-order valence-corrected chi connectivity index (χ3v) is 4.45. The van der Waals surface area contributed by atoms with Crippen molar-refractivity contribution in [3.05, 3.63) is 59.1 Å². The first-order valence-electron chi connectivity index (χ1n) is 8.16. The van der Waals surface area contributed by atoms with E-state index in [0.717, 1.165) is 39.7 Å². The molecule has 6 nitrogen and oxygen atoms in total. The van der Waals surface area contributed by atoms with Crippen molar-refractivity contribution in [1.29, 1.82) is 0 Å². The first kappa shape index (κ1) is 16.5. The monoisotopic (exact) mass is 367 g/mol. The van der Waals surface area contributed by atoms with Gasteiger partial charge in [0.1, 0.15) is 5.82 Å². The van der Waals surface area contributed by atoms with Crippen molar-refractivity contribution in [2.45, 2.75) is 13.8 Å². The lowest BCUT2D eigenvalue weighted by molar-refractivity contribution is 0.398. The number of imidazole rings is 1. The molecule has 0 spiro atoms. The van der Waals surface area contributed by atoms with Gasteiger partial charge >= 0.3 is 0 Å². The number of halogens is 1. The maximum absolute atomic E-state index is 6.35. The number of hydrogen-bond donors (Lipinski definition) is 2. The van der Waals surface area contributed by atoms with Gasteiger partial charge in [-0.2, -0.15) is 0 Å². The van der Waals surface area contributed by atoms with E-state index in [0.29, 0.717) is 10.9 Å². The smallest absolute Gasteiger partial charge is 0.213 e. The predicted octanol–water partition coefficient (Wildman–Crippen LogP) is 4.75. The Morgan fingerprint density at radius 2 is 2.08 bits per heavy atom. The molecule has 0 aliphatic carbocycles. The molecule has 0 saturated carbocycles. The second kappa shape index (κ2) is 6.38. The van der Waals surface area contributed by atoms with Crippen LogP contribution in [0.3, 0.4) is 0 Å². The molecular weight excluding hydrogens is 350 g/mol. The molecule has 0 aromatic carbocycles. The molecule has 0 unspecified atom stereocenters. The van der Waals surface area contributed by atoms with Gasteiger partial charge in [0.05, 0.1) is 35.4 Å². The first-order valence-corrected chi connectivity index (χ1v) is 8.53. The molecule has 0 fully saturated rings. The summed E-state index contributed by atoms with van der Waals surface area (Å²) >= 11 is 6.35. The molecule has 132 valence electrons. The van der Waals surface area contributed by atoms with Gasteiger partial charge in [-0.25, -0.2) is 9.97 Å². The summed E-state index contributed by atoms with van der Waals surface area (Å²) < 4.78 is 7.12. The second-order valence-corrected chi connectivity index (χ2v) is 6.53. The van der Waals surface area contributed by atoms with E-state index in [4.69, 9.17) is 16.3 Å². The van der Waals surface area contributed by atoms with Crippen LogP contribution >= 0.6 is 11.6 Å². The number of nitrogens with one attached hydrogen (secondary N) is 2. The lowest BCUT2D eigenvalue weighted by Gasteiger charge is -2.04. The van der Waals surface area contributed by atoms with Gasteiger partial charge in [0.25, 0.3) is 0 Å². The molecular formula is C19H18ClN5O. The molecule has 0 aliphatic rings. The van der Waals surface area contributed by atoms with Gasteiger partial charge in [0.15, 0.2) is 5.65 Å². The van der Waals surface area contributed by atoms with Crippen LogP contribution in [-0.2, 0) is 0 Å². The summed E-state index contributed by atoms with van der Waals surface area (Å²) in [5.74, 6) is 1.44. The van der Waals surface area contributed by atoms with E-state index >= 15 is 0 Å². The fourth-order valence-electron chi connectivity index (χ4n) is 3.03. The molecule has 26 heavy (non-hydrogen) atoms. The van der Waals surface area contributed by atoms with Gasteiger partial charge in [-0.05, 0) is 37.6 Å².